The number of hydrogen-bond donors (Lipinski definition) is 0. The molecule has 0 saturated heterocycles. The van der Waals surface area contributed by atoms with Gasteiger partial charge in [0, 0.05) is 20.9 Å². The van der Waals surface area contributed by atoms with Gasteiger partial charge in [0.05, 0.1) is 12.6 Å². The van der Waals surface area contributed by atoms with Crippen LogP contribution in [0.25, 0.3) is 10.9 Å². The van der Waals surface area contributed by atoms with Crippen LogP contribution >= 0.6 is 23.4 Å². The van der Waals surface area contributed by atoms with Gasteiger partial charge in [0.1, 0.15) is 10.8 Å². The predicted molar refractivity (Wildman–Crippen MR) is 89.3 cm³/mol. The Kier molecular flexibility index (Phi) is 4.32. The van der Waals surface area contributed by atoms with Crippen LogP contribution in [-0.4, -0.2) is 18.4 Å². The van der Waals surface area contributed by atoms with Gasteiger partial charge < -0.3 is 4.74 Å². The summed E-state index contributed by atoms with van der Waals surface area (Å²) in [7, 11) is 1.61. The van der Waals surface area contributed by atoms with Gasteiger partial charge in [-0.3, -0.25) is 4.79 Å². The molecule has 22 heavy (non-hydrogen) atoms. The average molecular weight is 330 g/mol. The van der Waals surface area contributed by atoms with Crippen molar-refractivity contribution < 1.29 is 9.53 Å². The summed E-state index contributed by atoms with van der Waals surface area (Å²) >= 11 is 7.33. The number of fused-ring (bicyclic) bond motifs is 1. The van der Waals surface area contributed by atoms with Gasteiger partial charge in [-0.15, -0.1) is 0 Å². The monoisotopic (exact) mass is 329 g/mol. The Balaban J connectivity index is 2.04. The summed E-state index contributed by atoms with van der Waals surface area (Å²) in [5, 5.41) is 2.23. The predicted octanol–water partition coefficient (Wildman–Crippen LogP) is 4.86. The molecule has 110 valence electrons. The molecule has 0 unspecified atom stereocenters. The third kappa shape index (κ3) is 3.08. The molecule has 0 spiro atoms. The maximum absolute atomic E-state index is 11.4. The first-order valence-corrected chi connectivity index (χ1v) is 7.76. The van der Waals surface area contributed by atoms with Gasteiger partial charge in [0.2, 0.25) is 0 Å². The van der Waals surface area contributed by atoms with Crippen LogP contribution in [-0.2, 0) is 0 Å². The van der Waals surface area contributed by atoms with E-state index in [1.165, 1.54) is 11.8 Å². The molecule has 0 N–H and O–H groups in total. The van der Waals surface area contributed by atoms with E-state index in [2.05, 4.69) is 4.98 Å². The van der Waals surface area contributed by atoms with Crippen molar-refractivity contribution in [2.45, 2.75) is 9.92 Å². The Labute approximate surface area is 137 Å². The van der Waals surface area contributed by atoms with Gasteiger partial charge in [-0.25, -0.2) is 4.98 Å². The Morgan fingerprint density at radius 3 is 2.59 bits per heavy atom. The number of aldehydes is 1. The summed E-state index contributed by atoms with van der Waals surface area (Å²) in [6.07, 6.45) is 0.824. The first-order chi connectivity index (χ1) is 10.7. The van der Waals surface area contributed by atoms with Crippen molar-refractivity contribution in [1.82, 2.24) is 4.98 Å². The van der Waals surface area contributed by atoms with Crippen molar-refractivity contribution in [2.75, 3.05) is 7.11 Å². The van der Waals surface area contributed by atoms with Crippen LogP contribution in [0, 0.1) is 0 Å². The molecule has 0 aliphatic heterocycles. The second kappa shape index (κ2) is 6.38. The molecule has 2 aromatic carbocycles. The summed E-state index contributed by atoms with van der Waals surface area (Å²) in [6, 6.07) is 14.9. The molecule has 0 atom stereocenters. The van der Waals surface area contributed by atoms with Crippen LogP contribution in [0.15, 0.2) is 58.5 Å². The molecule has 0 saturated carbocycles. The normalized spacial score (nSPS) is 10.6. The first kappa shape index (κ1) is 14.9. The third-order valence-corrected chi connectivity index (χ3v) is 4.45. The Bertz CT molecular complexity index is 834. The van der Waals surface area contributed by atoms with Crippen LogP contribution in [0.2, 0.25) is 5.02 Å². The molecule has 1 aromatic heterocycles. The molecule has 0 fully saturated rings. The SMILES string of the molecule is COc1ccc2nc(Sc3ccc(Cl)cc3)c(C=O)cc2c1. The molecule has 3 aromatic rings. The highest BCUT2D eigenvalue weighted by atomic mass is 35.5. The van der Waals surface area contributed by atoms with Gasteiger partial charge in [0.25, 0.3) is 0 Å². The number of pyridine rings is 1. The zero-order valence-electron chi connectivity index (χ0n) is 11.7. The smallest absolute Gasteiger partial charge is 0.152 e. The highest BCUT2D eigenvalue weighted by molar-refractivity contribution is 7.99. The van der Waals surface area contributed by atoms with Crippen molar-refractivity contribution >= 4 is 40.6 Å². The van der Waals surface area contributed by atoms with E-state index in [1.54, 1.807) is 7.11 Å². The average Bonchev–Trinajstić information content (AvgIpc) is 2.55. The van der Waals surface area contributed by atoms with Crippen LogP contribution in [0.3, 0.4) is 0 Å². The van der Waals surface area contributed by atoms with Crippen LogP contribution in [0.4, 0.5) is 0 Å². The fourth-order valence-corrected chi connectivity index (χ4v) is 3.05. The fourth-order valence-electron chi connectivity index (χ4n) is 2.06. The van der Waals surface area contributed by atoms with Crippen molar-refractivity contribution in [3.8, 4) is 5.75 Å². The van der Waals surface area contributed by atoms with Crippen LogP contribution in [0.1, 0.15) is 10.4 Å². The molecular weight excluding hydrogens is 318 g/mol. The second-order valence-electron chi connectivity index (χ2n) is 4.62. The Hall–Kier alpha value is -2.04. The highest BCUT2D eigenvalue weighted by Crippen LogP contribution is 2.32. The number of methoxy groups -OCH3 is 1. The van der Waals surface area contributed by atoms with Crippen LogP contribution < -0.4 is 4.74 Å². The van der Waals surface area contributed by atoms with Crippen molar-refractivity contribution in [2.24, 2.45) is 0 Å². The molecular formula is C17H12ClNO2S. The number of aromatic nitrogens is 1. The van der Waals surface area contributed by atoms with E-state index in [0.29, 0.717) is 15.6 Å². The zero-order chi connectivity index (χ0) is 15.5. The van der Waals surface area contributed by atoms with E-state index >= 15 is 0 Å². The summed E-state index contributed by atoms with van der Waals surface area (Å²) in [5.74, 6) is 0.740. The van der Waals surface area contributed by atoms with Gasteiger partial charge in [-0.1, -0.05) is 23.4 Å². The molecule has 0 aliphatic rings. The van der Waals surface area contributed by atoms with Gasteiger partial charge in [-0.2, -0.15) is 0 Å². The quantitative estimate of drug-likeness (QED) is 0.641. The molecule has 0 aliphatic carbocycles. The summed E-state index contributed by atoms with van der Waals surface area (Å²) < 4.78 is 5.20. The number of carbonyl (C=O) groups is 1. The lowest BCUT2D eigenvalue weighted by Gasteiger charge is -2.08. The largest absolute Gasteiger partial charge is 0.497 e. The van der Waals surface area contributed by atoms with Gasteiger partial charge in [-0.05, 0) is 48.5 Å². The first-order valence-electron chi connectivity index (χ1n) is 6.57. The Morgan fingerprint density at radius 2 is 1.91 bits per heavy atom. The van der Waals surface area contributed by atoms with E-state index in [4.69, 9.17) is 16.3 Å². The van der Waals surface area contributed by atoms with Gasteiger partial charge >= 0.3 is 0 Å². The number of halogens is 1. The summed E-state index contributed by atoms with van der Waals surface area (Å²) in [5.41, 5.74) is 1.38. The van der Waals surface area contributed by atoms with E-state index in [0.717, 1.165) is 27.8 Å². The van der Waals surface area contributed by atoms with E-state index < -0.39 is 0 Å². The number of nitrogens with zero attached hydrogens (tertiary/aromatic N) is 1. The summed E-state index contributed by atoms with van der Waals surface area (Å²) in [4.78, 5) is 16.9. The minimum Gasteiger partial charge on any atom is -0.497 e. The topological polar surface area (TPSA) is 39.2 Å². The molecule has 0 bridgehead atoms. The highest BCUT2D eigenvalue weighted by Gasteiger charge is 2.09. The zero-order valence-corrected chi connectivity index (χ0v) is 13.3. The number of benzene rings is 2. The van der Waals surface area contributed by atoms with Crippen molar-refractivity contribution in [3.05, 3.63) is 59.1 Å². The number of hydrogen-bond acceptors (Lipinski definition) is 4. The maximum Gasteiger partial charge on any atom is 0.152 e. The molecule has 3 nitrogen and oxygen atoms in total. The maximum atomic E-state index is 11.4. The number of carbonyl (C=O) groups excluding carboxylic acids is 1. The van der Waals surface area contributed by atoms with E-state index in [1.807, 2.05) is 48.5 Å². The fraction of sp³-hybridized carbons (Fsp3) is 0.0588. The lowest BCUT2D eigenvalue weighted by Crippen LogP contribution is -1.92. The van der Waals surface area contributed by atoms with Crippen molar-refractivity contribution in [3.63, 3.8) is 0 Å². The summed E-state index contributed by atoms with van der Waals surface area (Å²) in [6.45, 7) is 0. The lowest BCUT2D eigenvalue weighted by atomic mass is 10.1. The number of ether oxygens (including phenoxy) is 1. The third-order valence-electron chi connectivity index (χ3n) is 3.17. The molecule has 3 rings (SSSR count). The van der Waals surface area contributed by atoms with Crippen molar-refractivity contribution in [1.29, 1.82) is 0 Å². The lowest BCUT2D eigenvalue weighted by molar-refractivity contribution is 0.112. The minimum atomic E-state index is 0.556. The molecule has 0 amide bonds. The van der Waals surface area contributed by atoms with E-state index in [-0.39, 0.29) is 0 Å². The molecule has 5 heteroatoms. The number of rotatable bonds is 4. The molecule has 1 heterocycles. The molecule has 0 radical (unpaired) electrons. The van der Waals surface area contributed by atoms with E-state index in [9.17, 15) is 4.79 Å². The second-order valence-corrected chi connectivity index (χ2v) is 6.11. The van der Waals surface area contributed by atoms with Crippen LogP contribution in [0.5, 0.6) is 5.75 Å². The Morgan fingerprint density at radius 1 is 1.14 bits per heavy atom. The standard InChI is InChI=1S/C17H12ClNO2S/c1-21-14-4-7-16-11(9-14)8-12(10-20)17(19-16)22-15-5-2-13(18)3-6-15/h2-10H,1H3. The van der Waals surface area contributed by atoms with Gasteiger partial charge in [0.15, 0.2) is 6.29 Å². The minimum absolute atomic E-state index is 0.556.